The van der Waals surface area contributed by atoms with E-state index in [1.54, 1.807) is 5.51 Å². The fourth-order valence-electron chi connectivity index (χ4n) is 0.243. The average molecular weight is 388 g/mol. The zero-order chi connectivity index (χ0) is 14.6. The molecule has 0 amide bonds. The molecule has 0 saturated carbocycles. The molecule has 0 radical (unpaired) electrons. The molecule has 19 heavy (non-hydrogen) atoms. The first-order valence-corrected chi connectivity index (χ1v) is 7.67. The molecule has 0 aromatic carbocycles. The Balaban J connectivity index is -0.0000000796. The quantitative estimate of drug-likeness (QED) is 0.476. The van der Waals surface area contributed by atoms with Gasteiger partial charge in [0.1, 0.15) is 0 Å². The first kappa shape index (κ1) is 27.7. The average Bonchev–Trinajstić information content (AvgIpc) is 2.90. The third-order valence-corrected chi connectivity index (χ3v) is 2.19. The van der Waals surface area contributed by atoms with E-state index in [1.165, 1.54) is 30.6 Å². The Morgan fingerprint density at radius 2 is 1.32 bits per heavy atom. The third-order valence-electron chi connectivity index (χ3n) is 1.57. The smallest absolute Gasteiger partial charge is 0.364 e. The van der Waals surface area contributed by atoms with Crippen LogP contribution in [0.3, 0.4) is 0 Å². The van der Waals surface area contributed by atoms with E-state index in [0.29, 0.717) is 0 Å². The van der Waals surface area contributed by atoms with Crippen molar-refractivity contribution in [1.29, 1.82) is 0 Å². The Labute approximate surface area is 143 Å². The molecule has 1 aromatic rings. The van der Waals surface area contributed by atoms with Gasteiger partial charge in [-0.3, -0.25) is 0 Å². The van der Waals surface area contributed by atoms with Crippen molar-refractivity contribution < 1.29 is 0 Å². The van der Waals surface area contributed by atoms with Crippen molar-refractivity contribution in [2.75, 3.05) is 0 Å². The number of aromatic nitrogens is 1. The topological polar surface area (TPSA) is 12.9 Å². The maximum Gasteiger partial charge on any atom is 4.00 e. The van der Waals surface area contributed by atoms with E-state index in [9.17, 15) is 0 Å². The minimum Gasteiger partial charge on any atom is -0.364 e. The second-order valence-corrected chi connectivity index (χ2v) is 4.25. The van der Waals surface area contributed by atoms with Crippen molar-refractivity contribution in [1.82, 2.24) is 4.98 Å². The minimum absolute atomic E-state index is 0. The van der Waals surface area contributed by atoms with Crippen LogP contribution in [0.5, 0.6) is 0 Å². The van der Waals surface area contributed by atoms with Crippen LogP contribution < -0.4 is 0 Å². The summed E-state index contributed by atoms with van der Waals surface area (Å²) in [6.45, 7) is 19.1. The van der Waals surface area contributed by atoms with Gasteiger partial charge in [-0.2, -0.15) is 24.6 Å². The zero-order valence-corrected chi connectivity index (χ0v) is 17.0. The SMILES string of the molecule is Cc1[c-]scn1.[CH2-]CCC.[CH2-]CCC.[CH2-]CCC.[Sn+4]. The Morgan fingerprint density at radius 3 is 1.37 bits per heavy atom. The van der Waals surface area contributed by atoms with Gasteiger partial charge in [-0.25, -0.2) is 0 Å². The molecule has 0 aliphatic rings. The van der Waals surface area contributed by atoms with Crippen LogP contribution in [-0.2, 0) is 0 Å². The van der Waals surface area contributed by atoms with Crippen molar-refractivity contribution in [3.8, 4) is 0 Å². The number of rotatable bonds is 3. The molecule has 1 heterocycles. The molecule has 0 unspecified atom stereocenters. The molecule has 3 heteroatoms. The Hall–Kier alpha value is 0.429. The van der Waals surface area contributed by atoms with Crippen molar-refractivity contribution in [3.63, 3.8) is 0 Å². The van der Waals surface area contributed by atoms with Crippen LogP contribution in [0.15, 0.2) is 5.51 Å². The summed E-state index contributed by atoms with van der Waals surface area (Å²) in [4.78, 5) is 3.88. The number of hydrogen-bond acceptors (Lipinski definition) is 2. The van der Waals surface area contributed by atoms with Crippen LogP contribution in [0.4, 0.5) is 0 Å². The first-order chi connectivity index (χ1) is 8.64. The monoisotopic (exact) mass is 389 g/mol. The van der Waals surface area contributed by atoms with E-state index < -0.39 is 0 Å². The first-order valence-electron chi connectivity index (χ1n) is 6.79. The van der Waals surface area contributed by atoms with Gasteiger partial charge in [0, 0.05) is 0 Å². The fraction of sp³-hybridized carbons (Fsp3) is 0.625. The molecule has 0 aliphatic heterocycles. The van der Waals surface area contributed by atoms with Crippen LogP contribution in [0.2, 0.25) is 0 Å². The second-order valence-electron chi connectivity index (χ2n) is 3.60. The molecule has 1 nitrogen and oxygen atoms in total. The Kier molecular flexibility index (Phi) is 45.3. The second kappa shape index (κ2) is 31.0. The fourth-order valence-corrected chi connectivity index (χ4v) is 0.730. The van der Waals surface area contributed by atoms with Gasteiger partial charge in [-0.05, 0) is 6.92 Å². The summed E-state index contributed by atoms with van der Waals surface area (Å²) in [6, 6.07) is 0. The van der Waals surface area contributed by atoms with E-state index in [-0.39, 0.29) is 23.9 Å². The van der Waals surface area contributed by atoms with Crippen LogP contribution in [0.25, 0.3) is 0 Å². The van der Waals surface area contributed by atoms with Gasteiger partial charge in [-0.1, -0.05) is 51.2 Å². The summed E-state index contributed by atoms with van der Waals surface area (Å²) in [5.74, 6) is 0. The summed E-state index contributed by atoms with van der Waals surface area (Å²) in [5.41, 5.74) is 2.76. The molecule has 1 rings (SSSR count). The molecular formula is C16H31NSSn. The molecular weight excluding hydrogens is 357 g/mol. The third kappa shape index (κ3) is 45.7. The van der Waals surface area contributed by atoms with Gasteiger partial charge in [0.15, 0.2) is 0 Å². The van der Waals surface area contributed by atoms with Crippen molar-refractivity contribution in [2.24, 2.45) is 0 Å². The van der Waals surface area contributed by atoms with Crippen LogP contribution in [0, 0.1) is 33.1 Å². The Bertz CT molecular complexity index is 173. The maximum absolute atomic E-state index is 3.88. The van der Waals surface area contributed by atoms with E-state index >= 15 is 0 Å². The normalized spacial score (nSPS) is 7.53. The summed E-state index contributed by atoms with van der Waals surface area (Å²) < 4.78 is 0. The molecule has 0 spiro atoms. The van der Waals surface area contributed by atoms with Gasteiger partial charge >= 0.3 is 23.9 Å². The minimum atomic E-state index is 0. The molecule has 110 valence electrons. The zero-order valence-electron chi connectivity index (χ0n) is 13.3. The molecule has 1 aromatic heterocycles. The van der Waals surface area contributed by atoms with Crippen LogP contribution >= 0.6 is 11.3 Å². The largest absolute Gasteiger partial charge is 4.00 e. The summed E-state index contributed by atoms with van der Waals surface area (Å²) in [7, 11) is 0. The van der Waals surface area contributed by atoms with Gasteiger partial charge in [0.2, 0.25) is 0 Å². The van der Waals surface area contributed by atoms with Gasteiger partial charge in [0.25, 0.3) is 0 Å². The number of nitrogens with zero attached hydrogens (tertiary/aromatic N) is 1. The van der Waals surface area contributed by atoms with E-state index in [1.807, 2.05) is 6.92 Å². The van der Waals surface area contributed by atoms with Gasteiger partial charge in [0.05, 0.1) is 0 Å². The predicted octanol–water partition coefficient (Wildman–Crippen LogP) is 5.73. The molecule has 0 atom stereocenters. The molecule has 0 aliphatic carbocycles. The van der Waals surface area contributed by atoms with Crippen LogP contribution in [-0.4, -0.2) is 28.9 Å². The van der Waals surface area contributed by atoms with E-state index in [2.05, 4.69) is 51.9 Å². The van der Waals surface area contributed by atoms with Gasteiger partial charge < -0.3 is 37.1 Å². The Morgan fingerprint density at radius 1 is 1.00 bits per heavy atom. The molecule has 0 fully saturated rings. The van der Waals surface area contributed by atoms with Gasteiger partial charge in [-0.15, -0.1) is 0 Å². The van der Waals surface area contributed by atoms with Crippen LogP contribution in [0.1, 0.15) is 65.0 Å². The maximum atomic E-state index is 3.88. The number of hydrogen-bond donors (Lipinski definition) is 0. The standard InChI is InChI=1S/C4H4NS.3C4H9.Sn/c1-4-2-6-3-5-4;3*1-3-4-2;/h3H,1H3;3*1,3-4H2,2H3;/q4*-1;+4. The molecule has 0 saturated heterocycles. The number of aryl methyl sites for hydroxylation is 1. The summed E-state index contributed by atoms with van der Waals surface area (Å²) in [5, 5.41) is 2.93. The van der Waals surface area contributed by atoms with Crippen molar-refractivity contribution >= 4 is 35.2 Å². The number of unbranched alkanes of at least 4 members (excludes halogenated alkanes) is 3. The van der Waals surface area contributed by atoms with Crippen molar-refractivity contribution in [3.05, 3.63) is 37.4 Å². The molecule has 0 N–H and O–H groups in total. The predicted molar refractivity (Wildman–Crippen MR) is 92.2 cm³/mol. The van der Waals surface area contributed by atoms with E-state index in [0.717, 1.165) is 25.0 Å². The summed E-state index contributed by atoms with van der Waals surface area (Å²) in [6.07, 6.45) is 6.83. The van der Waals surface area contributed by atoms with E-state index in [4.69, 9.17) is 0 Å². The summed E-state index contributed by atoms with van der Waals surface area (Å²) >= 11 is 1.50. The van der Waals surface area contributed by atoms with Crippen molar-refractivity contribution in [2.45, 2.75) is 66.2 Å². The number of thiazole rings is 1. The molecule has 0 bridgehead atoms.